The molecular weight excluding hydrogens is 319 g/mol. The van der Waals surface area contributed by atoms with Gasteiger partial charge in [0.25, 0.3) is 5.91 Å². The van der Waals surface area contributed by atoms with Gasteiger partial charge in [-0.05, 0) is 24.1 Å². The molecule has 0 radical (unpaired) electrons. The van der Waals surface area contributed by atoms with E-state index in [2.05, 4.69) is 10.3 Å². The fraction of sp³-hybridized carbons (Fsp3) is 0.100. The van der Waals surface area contributed by atoms with Crippen LogP contribution in [0.3, 0.4) is 0 Å². The topological polar surface area (TPSA) is 62.0 Å². The van der Waals surface area contributed by atoms with Crippen LogP contribution in [0.25, 0.3) is 0 Å². The molecule has 0 spiro atoms. The lowest BCUT2D eigenvalue weighted by molar-refractivity contribution is 0.0935. The number of carbonyl (C=O) groups excluding carboxylic acids is 1. The lowest BCUT2D eigenvalue weighted by atomic mass is 9.98. The number of aromatic nitrogens is 1. The Kier molecular flexibility index (Phi) is 5.04. The summed E-state index contributed by atoms with van der Waals surface area (Å²) >= 11 is 0. The van der Waals surface area contributed by atoms with Crippen LogP contribution in [-0.4, -0.2) is 10.9 Å². The molecule has 0 fully saturated rings. The fourth-order valence-corrected chi connectivity index (χ4v) is 2.67. The lowest BCUT2D eigenvalue weighted by Gasteiger charge is -2.20. The summed E-state index contributed by atoms with van der Waals surface area (Å²) in [5.74, 6) is -0.801. The molecule has 2 N–H and O–H groups in total. The highest BCUT2D eigenvalue weighted by Gasteiger charge is 2.19. The summed E-state index contributed by atoms with van der Waals surface area (Å²) < 4.78 is 14.3. The average molecular weight is 336 g/mol. The zero-order valence-corrected chi connectivity index (χ0v) is 13.4. The number of carbonyl (C=O) groups is 1. The molecule has 1 atom stereocenters. The molecule has 1 amide bonds. The van der Waals surface area contributed by atoms with Crippen LogP contribution in [0.1, 0.15) is 27.5 Å². The quantitative estimate of drug-likeness (QED) is 0.751. The normalized spacial score (nSPS) is 11.7. The summed E-state index contributed by atoms with van der Waals surface area (Å²) in [6.45, 7) is 0. The molecule has 0 aliphatic carbocycles. The number of rotatable bonds is 5. The Bertz CT molecular complexity index is 922. The van der Waals surface area contributed by atoms with Gasteiger partial charge in [0, 0.05) is 23.4 Å². The van der Waals surface area contributed by atoms with Crippen LogP contribution in [0.5, 0.6) is 0 Å². The fourth-order valence-electron chi connectivity index (χ4n) is 2.67. The SMILES string of the molecule is O=C(NC(Cc1ccccc1)c1ccccc1F)c1cc[nH]c(=O)c1. The second-order valence-corrected chi connectivity index (χ2v) is 5.68. The van der Waals surface area contributed by atoms with Crippen LogP contribution < -0.4 is 10.9 Å². The van der Waals surface area contributed by atoms with Gasteiger partial charge in [-0.15, -0.1) is 0 Å². The smallest absolute Gasteiger partial charge is 0.252 e. The minimum atomic E-state index is -0.546. The van der Waals surface area contributed by atoms with E-state index in [1.54, 1.807) is 18.2 Å². The first-order valence-corrected chi connectivity index (χ1v) is 7.91. The summed E-state index contributed by atoms with van der Waals surface area (Å²) in [6.07, 6.45) is 1.85. The van der Waals surface area contributed by atoms with Crippen LogP contribution in [0, 0.1) is 5.82 Å². The molecule has 0 saturated heterocycles. The van der Waals surface area contributed by atoms with Gasteiger partial charge in [-0.3, -0.25) is 9.59 Å². The van der Waals surface area contributed by atoms with E-state index in [0.29, 0.717) is 12.0 Å². The zero-order valence-electron chi connectivity index (χ0n) is 13.4. The molecule has 25 heavy (non-hydrogen) atoms. The minimum Gasteiger partial charge on any atom is -0.345 e. The van der Waals surface area contributed by atoms with E-state index in [1.807, 2.05) is 30.3 Å². The van der Waals surface area contributed by atoms with E-state index < -0.39 is 11.9 Å². The van der Waals surface area contributed by atoms with E-state index >= 15 is 0 Å². The van der Waals surface area contributed by atoms with Crippen molar-refractivity contribution in [2.45, 2.75) is 12.5 Å². The number of aromatic amines is 1. The average Bonchev–Trinajstić information content (AvgIpc) is 2.62. The van der Waals surface area contributed by atoms with E-state index in [-0.39, 0.29) is 16.9 Å². The summed E-state index contributed by atoms with van der Waals surface area (Å²) in [7, 11) is 0. The number of amides is 1. The number of benzene rings is 2. The zero-order chi connectivity index (χ0) is 17.6. The summed E-state index contributed by atoms with van der Waals surface area (Å²) in [6, 6.07) is 18.1. The predicted octanol–water partition coefficient (Wildman–Crippen LogP) is 3.23. The van der Waals surface area contributed by atoms with Gasteiger partial charge in [0.15, 0.2) is 0 Å². The maximum Gasteiger partial charge on any atom is 0.252 e. The molecule has 3 rings (SSSR count). The molecule has 0 saturated carbocycles. The Balaban J connectivity index is 1.90. The molecular formula is C20H17FN2O2. The van der Waals surface area contributed by atoms with Crippen molar-refractivity contribution in [2.75, 3.05) is 0 Å². The number of hydrogen-bond donors (Lipinski definition) is 2. The van der Waals surface area contributed by atoms with E-state index in [1.165, 1.54) is 24.4 Å². The third-order valence-electron chi connectivity index (χ3n) is 3.91. The summed E-state index contributed by atoms with van der Waals surface area (Å²) in [5.41, 5.74) is 1.25. The Morgan fingerprint density at radius 3 is 2.48 bits per heavy atom. The molecule has 0 bridgehead atoms. The Morgan fingerprint density at radius 1 is 1.04 bits per heavy atom. The van der Waals surface area contributed by atoms with Gasteiger partial charge >= 0.3 is 0 Å². The van der Waals surface area contributed by atoms with Crippen molar-refractivity contribution < 1.29 is 9.18 Å². The highest BCUT2D eigenvalue weighted by atomic mass is 19.1. The van der Waals surface area contributed by atoms with Crippen LogP contribution >= 0.6 is 0 Å². The highest BCUT2D eigenvalue weighted by molar-refractivity contribution is 5.94. The van der Waals surface area contributed by atoms with Crippen molar-refractivity contribution in [3.63, 3.8) is 0 Å². The second-order valence-electron chi connectivity index (χ2n) is 5.68. The van der Waals surface area contributed by atoms with Gasteiger partial charge in [-0.25, -0.2) is 4.39 Å². The van der Waals surface area contributed by atoms with Gasteiger partial charge in [-0.2, -0.15) is 0 Å². The van der Waals surface area contributed by atoms with Gasteiger partial charge in [0.05, 0.1) is 6.04 Å². The molecule has 0 aliphatic heterocycles. The largest absolute Gasteiger partial charge is 0.345 e. The van der Waals surface area contributed by atoms with Gasteiger partial charge in [0.1, 0.15) is 5.82 Å². The lowest BCUT2D eigenvalue weighted by Crippen LogP contribution is -2.31. The third-order valence-corrected chi connectivity index (χ3v) is 3.91. The molecule has 0 aliphatic rings. The van der Waals surface area contributed by atoms with Gasteiger partial charge in [0.2, 0.25) is 5.56 Å². The predicted molar refractivity (Wildman–Crippen MR) is 93.8 cm³/mol. The van der Waals surface area contributed by atoms with Crippen molar-refractivity contribution in [2.24, 2.45) is 0 Å². The number of H-pyrrole nitrogens is 1. The van der Waals surface area contributed by atoms with Gasteiger partial charge in [-0.1, -0.05) is 48.5 Å². The van der Waals surface area contributed by atoms with Crippen LogP contribution in [0.2, 0.25) is 0 Å². The van der Waals surface area contributed by atoms with E-state index in [9.17, 15) is 14.0 Å². The van der Waals surface area contributed by atoms with Crippen molar-refractivity contribution in [3.05, 3.63) is 106 Å². The first kappa shape index (κ1) is 16.6. The first-order valence-electron chi connectivity index (χ1n) is 7.91. The third kappa shape index (κ3) is 4.20. The maximum absolute atomic E-state index is 14.3. The van der Waals surface area contributed by atoms with Crippen molar-refractivity contribution >= 4 is 5.91 Å². The van der Waals surface area contributed by atoms with Crippen molar-refractivity contribution in [1.29, 1.82) is 0 Å². The molecule has 1 heterocycles. The number of hydrogen-bond acceptors (Lipinski definition) is 2. The Morgan fingerprint density at radius 2 is 1.76 bits per heavy atom. The molecule has 5 heteroatoms. The second kappa shape index (κ2) is 7.57. The Hall–Kier alpha value is -3.21. The highest BCUT2D eigenvalue weighted by Crippen LogP contribution is 2.21. The van der Waals surface area contributed by atoms with E-state index in [0.717, 1.165) is 5.56 Å². The van der Waals surface area contributed by atoms with Gasteiger partial charge < -0.3 is 10.3 Å². The van der Waals surface area contributed by atoms with Crippen LogP contribution in [-0.2, 0) is 6.42 Å². The molecule has 4 nitrogen and oxygen atoms in total. The van der Waals surface area contributed by atoms with E-state index in [4.69, 9.17) is 0 Å². The molecule has 2 aromatic carbocycles. The Labute approximate surface area is 144 Å². The van der Waals surface area contributed by atoms with Crippen molar-refractivity contribution in [3.8, 4) is 0 Å². The molecule has 3 aromatic rings. The summed E-state index contributed by atoms with van der Waals surface area (Å²) in [5, 5.41) is 2.83. The summed E-state index contributed by atoms with van der Waals surface area (Å²) in [4.78, 5) is 26.4. The number of nitrogens with one attached hydrogen (secondary N) is 2. The molecule has 1 unspecified atom stereocenters. The monoisotopic (exact) mass is 336 g/mol. The van der Waals surface area contributed by atoms with Crippen molar-refractivity contribution in [1.82, 2.24) is 10.3 Å². The molecule has 126 valence electrons. The number of halogens is 1. The van der Waals surface area contributed by atoms with Crippen LogP contribution in [0.4, 0.5) is 4.39 Å². The number of pyridine rings is 1. The minimum absolute atomic E-state index is 0.234. The maximum atomic E-state index is 14.3. The molecule has 1 aromatic heterocycles. The standard InChI is InChI=1S/C20H17FN2O2/c21-17-9-5-4-8-16(17)18(12-14-6-2-1-3-7-14)23-20(25)15-10-11-22-19(24)13-15/h1-11,13,18H,12H2,(H,22,24)(H,23,25). The first-order chi connectivity index (χ1) is 12.1. The van der Waals surface area contributed by atoms with Crippen LogP contribution in [0.15, 0.2) is 77.7 Å².